The van der Waals surface area contributed by atoms with Gasteiger partial charge >= 0.3 is 0 Å². The van der Waals surface area contributed by atoms with Crippen LogP contribution in [0.5, 0.6) is 0 Å². The highest BCUT2D eigenvalue weighted by molar-refractivity contribution is 7.99. The van der Waals surface area contributed by atoms with Crippen LogP contribution in [-0.4, -0.2) is 69.4 Å². The lowest BCUT2D eigenvalue weighted by Gasteiger charge is -2.27. The molecule has 0 saturated carbocycles. The Kier molecular flexibility index (Phi) is 9.94. The molecule has 1 aliphatic rings. The molecule has 212 valence electrons. The number of carbonyl (C=O) groups is 3. The normalized spacial score (nSPS) is 14.2. The number of hydrogen-bond acceptors (Lipinski definition) is 7. The monoisotopic (exact) mass is 564 g/mol. The average Bonchev–Trinajstić information content (AvgIpc) is 3.37. The van der Waals surface area contributed by atoms with Gasteiger partial charge in [0.25, 0.3) is 11.8 Å². The topological polar surface area (TPSA) is 118 Å². The third-order valence-electron chi connectivity index (χ3n) is 6.63. The standard InChI is InChI=1S/C29H36N6O4S/c1-5-35-26(25(19(2)3)31-27(37)21-11-9-20(4)10-12-21)32-33-29(35)40-18-24(36)30-23-8-6-7-22(17-23)28(38)34-13-15-39-16-14-34/h6-12,17,19,25H,5,13-16,18H2,1-4H3,(H,30,36)(H,31,37)/t25-/m0/s1. The van der Waals surface area contributed by atoms with Gasteiger partial charge in [0.05, 0.1) is 25.0 Å². The largest absolute Gasteiger partial charge is 0.378 e. The number of aryl methyl sites for hydroxylation is 1. The lowest BCUT2D eigenvalue weighted by atomic mass is 10.0. The number of morpholine rings is 1. The van der Waals surface area contributed by atoms with Crippen molar-refractivity contribution in [1.82, 2.24) is 25.0 Å². The number of rotatable bonds is 10. The fraction of sp³-hybridized carbons (Fsp3) is 0.414. The second kappa shape index (κ2) is 13.6. The van der Waals surface area contributed by atoms with Crippen molar-refractivity contribution in [3.63, 3.8) is 0 Å². The van der Waals surface area contributed by atoms with E-state index in [-0.39, 0.29) is 35.4 Å². The predicted octanol–water partition coefficient (Wildman–Crippen LogP) is 3.94. The van der Waals surface area contributed by atoms with E-state index in [1.165, 1.54) is 11.8 Å². The summed E-state index contributed by atoms with van der Waals surface area (Å²) in [5.74, 6) is 0.356. The number of benzene rings is 2. The van der Waals surface area contributed by atoms with Crippen LogP contribution >= 0.6 is 11.8 Å². The molecule has 3 amide bonds. The van der Waals surface area contributed by atoms with Crippen LogP contribution in [0.4, 0.5) is 5.69 Å². The third-order valence-corrected chi connectivity index (χ3v) is 7.60. The van der Waals surface area contributed by atoms with Crippen molar-refractivity contribution >= 4 is 35.2 Å². The Bertz CT molecular complexity index is 1330. The summed E-state index contributed by atoms with van der Waals surface area (Å²) in [4.78, 5) is 40.3. The molecule has 2 aromatic carbocycles. The van der Waals surface area contributed by atoms with Crippen molar-refractivity contribution < 1.29 is 19.1 Å². The predicted molar refractivity (Wildman–Crippen MR) is 154 cm³/mol. The molecule has 3 aromatic rings. The molecule has 2 heterocycles. The van der Waals surface area contributed by atoms with E-state index >= 15 is 0 Å². The second-order valence-corrected chi connectivity index (χ2v) is 10.9. The van der Waals surface area contributed by atoms with Gasteiger partial charge < -0.3 is 24.8 Å². The Morgan fingerprint density at radius 1 is 1.02 bits per heavy atom. The minimum atomic E-state index is -0.351. The van der Waals surface area contributed by atoms with E-state index in [1.807, 2.05) is 44.4 Å². The van der Waals surface area contributed by atoms with Gasteiger partial charge in [-0.1, -0.05) is 49.4 Å². The summed E-state index contributed by atoms with van der Waals surface area (Å²) in [6.45, 7) is 10.8. The number of anilines is 1. The van der Waals surface area contributed by atoms with Gasteiger partial charge in [-0.05, 0) is 50.1 Å². The number of amides is 3. The van der Waals surface area contributed by atoms with Gasteiger partial charge in [-0.15, -0.1) is 10.2 Å². The molecule has 11 heteroatoms. The van der Waals surface area contributed by atoms with Crippen LogP contribution in [0.1, 0.15) is 58.9 Å². The van der Waals surface area contributed by atoms with Crippen LogP contribution in [0.25, 0.3) is 0 Å². The first-order valence-corrected chi connectivity index (χ1v) is 14.5. The van der Waals surface area contributed by atoms with Crippen molar-refractivity contribution in [2.45, 2.75) is 45.4 Å². The van der Waals surface area contributed by atoms with Crippen LogP contribution in [0, 0.1) is 12.8 Å². The maximum atomic E-state index is 12.9. The first-order chi connectivity index (χ1) is 19.3. The molecule has 1 saturated heterocycles. The summed E-state index contributed by atoms with van der Waals surface area (Å²) in [6, 6.07) is 14.0. The van der Waals surface area contributed by atoms with E-state index in [0.29, 0.717) is 60.6 Å². The van der Waals surface area contributed by atoms with Gasteiger partial charge in [-0.3, -0.25) is 14.4 Å². The van der Waals surface area contributed by atoms with Crippen LogP contribution in [0.15, 0.2) is 53.7 Å². The Hall–Kier alpha value is -3.70. The molecule has 10 nitrogen and oxygen atoms in total. The summed E-state index contributed by atoms with van der Waals surface area (Å²) in [6.07, 6.45) is 0. The second-order valence-electron chi connectivity index (χ2n) is 9.97. The molecule has 0 bridgehead atoms. The Morgan fingerprint density at radius 3 is 2.42 bits per heavy atom. The van der Waals surface area contributed by atoms with Gasteiger partial charge in [0.15, 0.2) is 11.0 Å². The van der Waals surface area contributed by atoms with Crippen molar-refractivity contribution in [3.05, 3.63) is 71.0 Å². The van der Waals surface area contributed by atoms with Crippen LogP contribution in [0.2, 0.25) is 0 Å². The van der Waals surface area contributed by atoms with Crippen LogP contribution < -0.4 is 10.6 Å². The average molecular weight is 565 g/mol. The first kappa shape index (κ1) is 29.3. The van der Waals surface area contributed by atoms with Crippen molar-refractivity contribution in [2.75, 3.05) is 37.4 Å². The number of hydrogen-bond donors (Lipinski definition) is 2. The quantitative estimate of drug-likeness (QED) is 0.358. The number of aromatic nitrogens is 3. The lowest BCUT2D eigenvalue weighted by molar-refractivity contribution is -0.113. The van der Waals surface area contributed by atoms with Crippen molar-refractivity contribution in [3.8, 4) is 0 Å². The highest BCUT2D eigenvalue weighted by Crippen LogP contribution is 2.26. The molecule has 1 aliphatic heterocycles. The summed E-state index contributed by atoms with van der Waals surface area (Å²) in [5.41, 5.74) is 2.75. The molecule has 0 spiro atoms. The minimum Gasteiger partial charge on any atom is -0.378 e. The molecule has 0 radical (unpaired) electrons. The summed E-state index contributed by atoms with van der Waals surface area (Å²) >= 11 is 1.27. The molecule has 40 heavy (non-hydrogen) atoms. The van der Waals surface area contributed by atoms with E-state index < -0.39 is 0 Å². The van der Waals surface area contributed by atoms with Gasteiger partial charge in [0, 0.05) is 36.4 Å². The molecule has 1 aromatic heterocycles. The maximum Gasteiger partial charge on any atom is 0.254 e. The van der Waals surface area contributed by atoms with E-state index in [2.05, 4.69) is 20.8 Å². The minimum absolute atomic E-state index is 0.0671. The van der Waals surface area contributed by atoms with Gasteiger partial charge in [0.1, 0.15) is 0 Å². The zero-order valence-corrected chi connectivity index (χ0v) is 24.2. The highest BCUT2D eigenvalue weighted by atomic mass is 32.2. The highest BCUT2D eigenvalue weighted by Gasteiger charge is 2.26. The number of nitrogens with one attached hydrogen (secondary N) is 2. The molecule has 1 atom stereocenters. The van der Waals surface area contributed by atoms with E-state index in [9.17, 15) is 14.4 Å². The molecular weight excluding hydrogens is 528 g/mol. The molecule has 0 aliphatic carbocycles. The smallest absolute Gasteiger partial charge is 0.254 e. The number of thioether (sulfide) groups is 1. The van der Waals surface area contributed by atoms with E-state index in [0.717, 1.165) is 5.56 Å². The van der Waals surface area contributed by atoms with Crippen molar-refractivity contribution in [1.29, 1.82) is 0 Å². The number of carbonyl (C=O) groups excluding carboxylic acids is 3. The molecule has 1 fully saturated rings. The molecule has 0 unspecified atom stereocenters. The summed E-state index contributed by atoms with van der Waals surface area (Å²) in [5, 5.41) is 15.3. The van der Waals surface area contributed by atoms with E-state index in [1.54, 1.807) is 41.3 Å². The molecule has 2 N–H and O–H groups in total. The zero-order valence-electron chi connectivity index (χ0n) is 23.3. The lowest BCUT2D eigenvalue weighted by Crippen LogP contribution is -2.40. The maximum absolute atomic E-state index is 12.9. The summed E-state index contributed by atoms with van der Waals surface area (Å²) in [7, 11) is 0. The van der Waals surface area contributed by atoms with Gasteiger partial charge in [-0.2, -0.15) is 0 Å². The summed E-state index contributed by atoms with van der Waals surface area (Å²) < 4.78 is 7.25. The SMILES string of the molecule is CCn1c(SCC(=O)Nc2cccc(C(=O)N3CCOCC3)c2)nnc1[C@@H](NC(=O)c1ccc(C)cc1)C(C)C. The third kappa shape index (κ3) is 7.28. The molecule has 4 rings (SSSR count). The molecular formula is C29H36N6O4S. The Morgan fingerprint density at radius 2 is 1.75 bits per heavy atom. The number of nitrogens with zero attached hydrogens (tertiary/aromatic N) is 4. The van der Waals surface area contributed by atoms with Gasteiger partial charge in [0.2, 0.25) is 5.91 Å². The van der Waals surface area contributed by atoms with Gasteiger partial charge in [-0.25, -0.2) is 0 Å². The fourth-order valence-corrected chi connectivity index (χ4v) is 5.21. The van der Waals surface area contributed by atoms with E-state index in [4.69, 9.17) is 4.74 Å². The van der Waals surface area contributed by atoms with Crippen LogP contribution in [0.3, 0.4) is 0 Å². The number of ether oxygens (including phenoxy) is 1. The van der Waals surface area contributed by atoms with Crippen LogP contribution in [-0.2, 0) is 16.1 Å². The fourth-order valence-electron chi connectivity index (χ4n) is 4.40. The Labute approximate surface area is 238 Å². The van der Waals surface area contributed by atoms with Crippen molar-refractivity contribution in [2.24, 2.45) is 5.92 Å². The zero-order chi connectivity index (χ0) is 28.6. The Balaban J connectivity index is 1.39. The first-order valence-electron chi connectivity index (χ1n) is 13.5.